The Bertz CT molecular complexity index is 345. The maximum atomic E-state index is 11.3. The molecule has 0 aliphatic heterocycles. The fraction of sp³-hybridized carbons (Fsp3) is 0.300. The molecule has 0 fully saturated rings. The highest BCUT2D eigenvalue weighted by atomic mass is 32.2. The van der Waals surface area contributed by atoms with Crippen LogP contribution in [0, 0.1) is 13.8 Å². The van der Waals surface area contributed by atoms with E-state index in [1.165, 1.54) is 0 Å². The summed E-state index contributed by atoms with van der Waals surface area (Å²) in [6.45, 7) is 3.70. The molecule has 1 aromatic carbocycles. The molecule has 70 valence electrons. The smallest absolute Gasteiger partial charge is 0.222 e. The topological polar surface area (TPSA) is 37.3 Å². The fourth-order valence-corrected chi connectivity index (χ4v) is 1.60. The molecular weight excluding hydrogens is 184 g/mol. The summed E-state index contributed by atoms with van der Waals surface area (Å²) in [5, 5.41) is 9.50. The van der Waals surface area contributed by atoms with Gasteiger partial charge in [0.15, 0.2) is 0 Å². The standard InChI is InChI=1S/C10H12O2S/c1-6-4-7(2)9(11)8(5-6)10(12)13-3/h4-5,11H,1-3H3. The lowest BCUT2D eigenvalue weighted by molar-refractivity contribution is 0.108. The molecule has 1 aromatic rings. The zero-order chi connectivity index (χ0) is 10.0. The van der Waals surface area contributed by atoms with Crippen LogP contribution < -0.4 is 0 Å². The first-order valence-electron chi connectivity index (χ1n) is 3.94. The molecule has 0 saturated heterocycles. The number of hydrogen-bond acceptors (Lipinski definition) is 3. The van der Waals surface area contributed by atoms with E-state index in [9.17, 15) is 9.90 Å². The van der Waals surface area contributed by atoms with Crippen molar-refractivity contribution in [3.63, 3.8) is 0 Å². The zero-order valence-corrected chi connectivity index (χ0v) is 8.73. The van der Waals surface area contributed by atoms with Crippen molar-refractivity contribution >= 4 is 16.9 Å². The van der Waals surface area contributed by atoms with Crippen LogP contribution in [0.4, 0.5) is 0 Å². The molecule has 3 heteroatoms. The van der Waals surface area contributed by atoms with E-state index in [1.807, 2.05) is 13.0 Å². The number of carbonyl (C=O) groups is 1. The molecule has 1 rings (SSSR count). The first kappa shape index (κ1) is 10.1. The van der Waals surface area contributed by atoms with Crippen LogP contribution in [0.25, 0.3) is 0 Å². The predicted molar refractivity (Wildman–Crippen MR) is 55.4 cm³/mol. The monoisotopic (exact) mass is 196 g/mol. The van der Waals surface area contributed by atoms with E-state index >= 15 is 0 Å². The van der Waals surface area contributed by atoms with Gasteiger partial charge in [0.25, 0.3) is 0 Å². The summed E-state index contributed by atoms with van der Waals surface area (Å²) in [5.74, 6) is 0.102. The van der Waals surface area contributed by atoms with Crippen LogP contribution in [0.1, 0.15) is 21.5 Å². The van der Waals surface area contributed by atoms with Crippen LogP contribution in [-0.2, 0) is 0 Å². The van der Waals surface area contributed by atoms with Gasteiger partial charge in [0.1, 0.15) is 5.75 Å². The van der Waals surface area contributed by atoms with Gasteiger partial charge in [0.2, 0.25) is 5.12 Å². The summed E-state index contributed by atoms with van der Waals surface area (Å²) >= 11 is 1.11. The highest BCUT2D eigenvalue weighted by Crippen LogP contribution is 2.26. The third-order valence-corrected chi connectivity index (χ3v) is 2.44. The van der Waals surface area contributed by atoms with Crippen molar-refractivity contribution in [2.24, 2.45) is 0 Å². The minimum absolute atomic E-state index is 0.0932. The van der Waals surface area contributed by atoms with E-state index in [2.05, 4.69) is 0 Å². The van der Waals surface area contributed by atoms with E-state index in [-0.39, 0.29) is 10.9 Å². The number of thioether (sulfide) groups is 1. The molecule has 0 aliphatic rings. The number of aryl methyl sites for hydroxylation is 2. The normalized spacial score (nSPS) is 10.1. The Morgan fingerprint density at radius 3 is 2.54 bits per heavy atom. The van der Waals surface area contributed by atoms with Crippen molar-refractivity contribution in [3.05, 3.63) is 28.8 Å². The zero-order valence-electron chi connectivity index (χ0n) is 7.92. The van der Waals surface area contributed by atoms with Gasteiger partial charge in [-0.1, -0.05) is 17.8 Å². The summed E-state index contributed by atoms with van der Waals surface area (Å²) in [7, 11) is 0. The third-order valence-electron chi connectivity index (χ3n) is 1.85. The maximum absolute atomic E-state index is 11.3. The summed E-state index contributed by atoms with van der Waals surface area (Å²) in [4.78, 5) is 11.3. The molecule has 13 heavy (non-hydrogen) atoms. The second-order valence-corrected chi connectivity index (χ2v) is 3.75. The van der Waals surface area contributed by atoms with Gasteiger partial charge < -0.3 is 5.11 Å². The first-order valence-corrected chi connectivity index (χ1v) is 5.17. The minimum Gasteiger partial charge on any atom is -0.507 e. The summed E-state index contributed by atoms with van der Waals surface area (Å²) in [5.41, 5.74) is 2.15. The van der Waals surface area contributed by atoms with E-state index in [1.54, 1.807) is 19.2 Å². The molecule has 0 aliphatic carbocycles. The van der Waals surface area contributed by atoms with Crippen LogP contribution in [0.15, 0.2) is 12.1 Å². The molecule has 0 unspecified atom stereocenters. The summed E-state index contributed by atoms with van der Waals surface area (Å²) in [6.07, 6.45) is 1.71. The number of hydrogen-bond donors (Lipinski definition) is 1. The molecule has 1 N–H and O–H groups in total. The molecule has 2 nitrogen and oxygen atoms in total. The predicted octanol–water partition coefficient (Wildman–Crippen LogP) is 2.51. The van der Waals surface area contributed by atoms with E-state index in [0.29, 0.717) is 5.56 Å². The SMILES string of the molecule is CSC(=O)c1cc(C)cc(C)c1O. The van der Waals surface area contributed by atoms with Gasteiger partial charge in [0.05, 0.1) is 5.56 Å². The molecule has 0 aromatic heterocycles. The molecule has 0 saturated carbocycles. The van der Waals surface area contributed by atoms with Gasteiger partial charge in [-0.3, -0.25) is 4.79 Å². The average Bonchev–Trinajstić information content (AvgIpc) is 2.10. The number of benzene rings is 1. The van der Waals surface area contributed by atoms with Gasteiger partial charge in [-0.05, 0) is 37.3 Å². The van der Waals surface area contributed by atoms with Gasteiger partial charge in [-0.15, -0.1) is 0 Å². The third kappa shape index (κ3) is 2.04. The molecule has 0 heterocycles. The Kier molecular flexibility index (Phi) is 2.98. The second kappa shape index (κ2) is 3.83. The van der Waals surface area contributed by atoms with Crippen molar-refractivity contribution in [3.8, 4) is 5.75 Å². The largest absolute Gasteiger partial charge is 0.507 e. The molecule has 0 radical (unpaired) electrons. The van der Waals surface area contributed by atoms with Crippen LogP contribution in [0.2, 0.25) is 0 Å². The van der Waals surface area contributed by atoms with Gasteiger partial charge in [-0.2, -0.15) is 0 Å². The Morgan fingerprint density at radius 1 is 1.38 bits per heavy atom. The number of phenolic OH excluding ortho intramolecular Hbond substituents is 1. The Hall–Kier alpha value is -0.960. The van der Waals surface area contributed by atoms with Crippen molar-refractivity contribution in [2.75, 3.05) is 6.26 Å². The summed E-state index contributed by atoms with van der Waals surface area (Å²) < 4.78 is 0. The van der Waals surface area contributed by atoms with Gasteiger partial charge in [-0.25, -0.2) is 0 Å². The lowest BCUT2D eigenvalue weighted by Crippen LogP contribution is -1.95. The molecule has 0 spiro atoms. The lowest BCUT2D eigenvalue weighted by Gasteiger charge is -2.06. The average molecular weight is 196 g/mol. The van der Waals surface area contributed by atoms with Crippen LogP contribution in [0.5, 0.6) is 5.75 Å². The van der Waals surface area contributed by atoms with Crippen molar-refractivity contribution in [1.82, 2.24) is 0 Å². The highest BCUT2D eigenvalue weighted by molar-refractivity contribution is 8.13. The number of rotatable bonds is 1. The van der Waals surface area contributed by atoms with Crippen molar-refractivity contribution in [1.29, 1.82) is 0 Å². The second-order valence-electron chi connectivity index (χ2n) is 2.97. The Morgan fingerprint density at radius 2 is 2.00 bits per heavy atom. The first-order chi connectivity index (χ1) is 6.06. The number of phenols is 1. The van der Waals surface area contributed by atoms with Crippen LogP contribution >= 0.6 is 11.8 Å². The van der Waals surface area contributed by atoms with Gasteiger partial charge in [0, 0.05) is 0 Å². The van der Waals surface area contributed by atoms with E-state index in [4.69, 9.17) is 0 Å². The number of aromatic hydroxyl groups is 1. The maximum Gasteiger partial charge on any atom is 0.222 e. The molecule has 0 atom stereocenters. The van der Waals surface area contributed by atoms with Crippen molar-refractivity contribution in [2.45, 2.75) is 13.8 Å². The highest BCUT2D eigenvalue weighted by Gasteiger charge is 2.12. The van der Waals surface area contributed by atoms with Gasteiger partial charge >= 0.3 is 0 Å². The fourth-order valence-electron chi connectivity index (χ4n) is 1.23. The summed E-state index contributed by atoms with van der Waals surface area (Å²) in [6, 6.07) is 3.56. The van der Waals surface area contributed by atoms with E-state index < -0.39 is 0 Å². The van der Waals surface area contributed by atoms with E-state index in [0.717, 1.165) is 22.9 Å². The van der Waals surface area contributed by atoms with Crippen LogP contribution in [0.3, 0.4) is 0 Å². The number of carbonyl (C=O) groups excluding carboxylic acids is 1. The lowest BCUT2D eigenvalue weighted by atomic mass is 10.1. The minimum atomic E-state index is -0.0932. The Balaban J connectivity index is 3.28. The Labute approximate surface area is 82.0 Å². The van der Waals surface area contributed by atoms with Crippen LogP contribution in [-0.4, -0.2) is 16.5 Å². The molecule has 0 amide bonds. The molecule has 0 bridgehead atoms. The quantitative estimate of drug-likeness (QED) is 0.750. The molecular formula is C10H12O2S. The van der Waals surface area contributed by atoms with Crippen molar-refractivity contribution < 1.29 is 9.90 Å².